The zero-order chi connectivity index (χ0) is 16.1. The van der Waals surface area contributed by atoms with Gasteiger partial charge in [-0.05, 0) is 38.0 Å². The molecule has 0 saturated carbocycles. The van der Waals surface area contributed by atoms with Gasteiger partial charge in [-0.15, -0.1) is 0 Å². The number of likely N-dealkylation sites (tertiary alicyclic amines) is 1. The lowest BCUT2D eigenvalue weighted by Gasteiger charge is -2.29. The Hall–Kier alpha value is -2.18. The van der Waals surface area contributed by atoms with Crippen LogP contribution >= 0.6 is 0 Å². The summed E-state index contributed by atoms with van der Waals surface area (Å²) in [5.74, 6) is 5.04. The second-order valence-electron chi connectivity index (χ2n) is 5.64. The molecule has 6 nitrogen and oxygen atoms in total. The van der Waals surface area contributed by atoms with E-state index >= 15 is 0 Å². The van der Waals surface area contributed by atoms with Crippen molar-refractivity contribution in [1.82, 2.24) is 4.90 Å². The van der Waals surface area contributed by atoms with Crippen LogP contribution in [0.1, 0.15) is 19.8 Å². The van der Waals surface area contributed by atoms with Crippen LogP contribution < -0.4 is 11.6 Å². The number of piperidine rings is 1. The quantitative estimate of drug-likeness (QED) is 0.360. The summed E-state index contributed by atoms with van der Waals surface area (Å²) in [7, 11) is 0. The Labute approximate surface area is 130 Å². The standard InChI is InChI=1S/C16H23N5O/c1-11-2-3-15(18)12(8-11)9-13(16(19)22-20)10-21-6-4-14(17)5-7-21/h2-3,8-10,14,18-19H,4-7,17,20H2,1H3/b12-9-,13-10-,18-15?,19-16?. The lowest BCUT2D eigenvalue weighted by atomic mass is 9.98. The van der Waals surface area contributed by atoms with E-state index in [-0.39, 0.29) is 11.9 Å². The van der Waals surface area contributed by atoms with Crippen LogP contribution in [0.4, 0.5) is 0 Å². The number of rotatable bonds is 3. The van der Waals surface area contributed by atoms with Gasteiger partial charge in [-0.2, -0.15) is 5.90 Å². The van der Waals surface area contributed by atoms with E-state index in [2.05, 4.69) is 9.74 Å². The fourth-order valence-electron chi connectivity index (χ4n) is 2.44. The number of nitrogens with two attached hydrogens (primary N) is 2. The van der Waals surface area contributed by atoms with Crippen molar-refractivity contribution >= 4 is 11.6 Å². The molecular formula is C16H23N5O. The highest BCUT2D eigenvalue weighted by molar-refractivity contribution is 6.11. The van der Waals surface area contributed by atoms with Gasteiger partial charge >= 0.3 is 0 Å². The number of nitrogens with one attached hydrogen (secondary N) is 2. The Morgan fingerprint density at radius 3 is 2.68 bits per heavy atom. The molecule has 2 rings (SSSR count). The van der Waals surface area contributed by atoms with Gasteiger partial charge in [-0.25, -0.2) is 0 Å². The monoisotopic (exact) mass is 301 g/mol. The summed E-state index contributed by atoms with van der Waals surface area (Å²) in [5.41, 5.74) is 8.66. The summed E-state index contributed by atoms with van der Waals surface area (Å²) >= 11 is 0. The molecule has 0 bridgehead atoms. The zero-order valence-electron chi connectivity index (χ0n) is 12.8. The first kappa shape index (κ1) is 16.2. The van der Waals surface area contributed by atoms with E-state index in [4.69, 9.17) is 22.4 Å². The fraction of sp³-hybridized carbons (Fsp3) is 0.375. The van der Waals surface area contributed by atoms with Gasteiger partial charge in [-0.1, -0.05) is 11.6 Å². The molecule has 6 N–H and O–H groups in total. The van der Waals surface area contributed by atoms with Crippen molar-refractivity contribution in [1.29, 1.82) is 10.8 Å². The first-order chi connectivity index (χ1) is 10.5. The molecule has 1 heterocycles. The predicted molar refractivity (Wildman–Crippen MR) is 88.6 cm³/mol. The molecule has 2 aliphatic rings. The minimum absolute atomic E-state index is 0.115. The maximum atomic E-state index is 7.97. The highest BCUT2D eigenvalue weighted by atomic mass is 16.6. The van der Waals surface area contributed by atoms with Crippen molar-refractivity contribution in [3.8, 4) is 0 Å². The second kappa shape index (κ2) is 7.20. The average molecular weight is 301 g/mol. The van der Waals surface area contributed by atoms with Crippen molar-refractivity contribution in [2.45, 2.75) is 25.8 Å². The molecule has 1 fully saturated rings. The lowest BCUT2D eigenvalue weighted by Crippen LogP contribution is -2.37. The smallest absolute Gasteiger partial charge is 0.238 e. The van der Waals surface area contributed by atoms with Crippen LogP contribution in [-0.4, -0.2) is 35.6 Å². The molecule has 6 heteroatoms. The van der Waals surface area contributed by atoms with E-state index in [1.54, 1.807) is 12.2 Å². The third kappa shape index (κ3) is 4.16. The van der Waals surface area contributed by atoms with Crippen LogP contribution in [0.5, 0.6) is 0 Å². The Balaban J connectivity index is 2.25. The predicted octanol–water partition coefficient (Wildman–Crippen LogP) is 1.62. The molecular weight excluding hydrogens is 278 g/mol. The minimum Gasteiger partial charge on any atom is -0.391 e. The van der Waals surface area contributed by atoms with Crippen LogP contribution in [0.3, 0.4) is 0 Å². The number of nitrogens with zero attached hydrogens (tertiary/aromatic N) is 1. The third-order valence-electron chi connectivity index (χ3n) is 3.79. The average Bonchev–Trinajstić information content (AvgIpc) is 2.51. The van der Waals surface area contributed by atoms with Crippen LogP contribution in [0.2, 0.25) is 0 Å². The molecule has 0 aromatic carbocycles. The van der Waals surface area contributed by atoms with E-state index in [9.17, 15) is 0 Å². The van der Waals surface area contributed by atoms with Crippen molar-refractivity contribution in [3.63, 3.8) is 0 Å². The topological polar surface area (TPSA) is 112 Å². The molecule has 0 atom stereocenters. The van der Waals surface area contributed by atoms with Crippen molar-refractivity contribution in [2.24, 2.45) is 11.6 Å². The zero-order valence-corrected chi connectivity index (χ0v) is 12.8. The highest BCUT2D eigenvalue weighted by Crippen LogP contribution is 2.17. The summed E-state index contributed by atoms with van der Waals surface area (Å²) < 4.78 is 0. The van der Waals surface area contributed by atoms with Gasteiger partial charge in [0.25, 0.3) is 0 Å². The number of hydrogen-bond acceptors (Lipinski definition) is 6. The molecule has 0 spiro atoms. The molecule has 0 radical (unpaired) electrons. The van der Waals surface area contributed by atoms with E-state index in [1.807, 2.05) is 25.3 Å². The summed E-state index contributed by atoms with van der Waals surface area (Å²) in [5, 5.41) is 15.8. The van der Waals surface area contributed by atoms with Crippen LogP contribution in [-0.2, 0) is 4.84 Å². The Morgan fingerprint density at radius 2 is 2.05 bits per heavy atom. The van der Waals surface area contributed by atoms with Crippen LogP contribution in [0.15, 0.2) is 47.2 Å². The number of hydrogen-bond donors (Lipinski definition) is 4. The molecule has 1 aliphatic carbocycles. The fourth-order valence-corrected chi connectivity index (χ4v) is 2.44. The van der Waals surface area contributed by atoms with E-state index in [0.717, 1.165) is 37.1 Å². The maximum absolute atomic E-state index is 7.97. The van der Waals surface area contributed by atoms with E-state index < -0.39 is 0 Å². The van der Waals surface area contributed by atoms with Crippen LogP contribution in [0.25, 0.3) is 0 Å². The van der Waals surface area contributed by atoms with Gasteiger partial charge in [0.05, 0.1) is 11.3 Å². The molecule has 1 aliphatic heterocycles. The maximum Gasteiger partial charge on any atom is 0.238 e. The third-order valence-corrected chi connectivity index (χ3v) is 3.79. The summed E-state index contributed by atoms with van der Waals surface area (Å²) in [6.07, 6.45) is 11.0. The molecule has 0 amide bonds. The Morgan fingerprint density at radius 1 is 1.36 bits per heavy atom. The van der Waals surface area contributed by atoms with Gasteiger partial charge in [0.2, 0.25) is 5.90 Å². The molecule has 0 aromatic rings. The van der Waals surface area contributed by atoms with Gasteiger partial charge in [0.1, 0.15) is 0 Å². The SMILES string of the molecule is CC1=C/C(=C/C(=C/N2CCC(N)CC2)C(=N)ON)C(=N)C=C1. The van der Waals surface area contributed by atoms with Gasteiger partial charge in [0, 0.05) is 30.9 Å². The minimum atomic E-state index is -0.115. The van der Waals surface area contributed by atoms with Gasteiger partial charge < -0.3 is 20.9 Å². The first-order valence-electron chi connectivity index (χ1n) is 7.33. The lowest BCUT2D eigenvalue weighted by molar-refractivity contribution is 0.282. The first-order valence-corrected chi connectivity index (χ1v) is 7.33. The number of allylic oxidation sites excluding steroid dienone is 5. The van der Waals surface area contributed by atoms with E-state index in [0.29, 0.717) is 11.3 Å². The Kier molecular flexibility index (Phi) is 5.30. The molecule has 22 heavy (non-hydrogen) atoms. The molecule has 118 valence electrons. The van der Waals surface area contributed by atoms with Crippen molar-refractivity contribution < 1.29 is 4.84 Å². The highest BCUT2D eigenvalue weighted by Gasteiger charge is 2.16. The van der Waals surface area contributed by atoms with Crippen LogP contribution in [0, 0.1) is 10.8 Å². The van der Waals surface area contributed by atoms with Crippen molar-refractivity contribution in [3.05, 3.63) is 47.2 Å². The summed E-state index contributed by atoms with van der Waals surface area (Å²) in [6, 6.07) is 0.249. The summed E-state index contributed by atoms with van der Waals surface area (Å²) in [4.78, 5) is 6.70. The molecule has 0 unspecified atom stereocenters. The van der Waals surface area contributed by atoms with Gasteiger partial charge in [0.15, 0.2) is 0 Å². The van der Waals surface area contributed by atoms with Crippen molar-refractivity contribution in [2.75, 3.05) is 13.1 Å². The molecule has 1 saturated heterocycles. The van der Waals surface area contributed by atoms with E-state index in [1.165, 1.54) is 0 Å². The largest absolute Gasteiger partial charge is 0.391 e. The second-order valence-corrected chi connectivity index (χ2v) is 5.64. The Bertz CT molecular complexity index is 577. The molecule has 0 aromatic heterocycles. The van der Waals surface area contributed by atoms with Gasteiger partial charge in [-0.3, -0.25) is 5.41 Å². The normalized spacial score (nSPS) is 22.0. The summed E-state index contributed by atoms with van der Waals surface area (Å²) in [6.45, 7) is 3.66.